The van der Waals surface area contributed by atoms with E-state index in [1.54, 1.807) is 47.1 Å². The van der Waals surface area contributed by atoms with Gasteiger partial charge in [0.1, 0.15) is 23.5 Å². The molecule has 2 amide bonds. The van der Waals surface area contributed by atoms with Crippen molar-refractivity contribution in [3.63, 3.8) is 0 Å². The van der Waals surface area contributed by atoms with Gasteiger partial charge >= 0.3 is 0 Å². The Morgan fingerprint density at radius 3 is 2.38 bits per heavy atom. The normalized spacial score (nSPS) is 15.4. The van der Waals surface area contributed by atoms with E-state index in [1.165, 1.54) is 30.3 Å². The van der Waals surface area contributed by atoms with Crippen LogP contribution in [0.5, 0.6) is 0 Å². The first-order valence-electron chi connectivity index (χ1n) is 10.5. The van der Waals surface area contributed by atoms with E-state index in [0.717, 1.165) is 0 Å². The van der Waals surface area contributed by atoms with Gasteiger partial charge in [-0.25, -0.2) is 13.8 Å². The Morgan fingerprint density at radius 2 is 1.75 bits per heavy atom. The predicted molar refractivity (Wildman–Crippen MR) is 115 cm³/mol. The maximum absolute atomic E-state index is 14.5. The first kappa shape index (κ1) is 21.7. The summed E-state index contributed by atoms with van der Waals surface area (Å²) in [5, 5.41) is 2.96. The molecular weight excluding hydrogens is 414 g/mol. The smallest absolute Gasteiger partial charge is 0.253 e. The van der Waals surface area contributed by atoms with Gasteiger partial charge in [0, 0.05) is 49.6 Å². The maximum Gasteiger partial charge on any atom is 0.253 e. The van der Waals surface area contributed by atoms with Crippen LogP contribution in [0.3, 0.4) is 0 Å². The third kappa shape index (κ3) is 4.54. The summed E-state index contributed by atoms with van der Waals surface area (Å²) in [6.45, 7) is 0.835. The van der Waals surface area contributed by atoms with Crippen molar-refractivity contribution in [3.8, 4) is 0 Å². The SMILES string of the molecule is Cn1ccnc1[C@H](NC(=O)C1CCN(C(=O)c2ccc(F)cc2)CC1)c1ccccc1F. The van der Waals surface area contributed by atoms with Gasteiger partial charge in [0.25, 0.3) is 5.91 Å². The third-order valence-electron chi connectivity index (χ3n) is 5.86. The van der Waals surface area contributed by atoms with Crippen molar-refractivity contribution < 1.29 is 18.4 Å². The van der Waals surface area contributed by atoms with Crippen LogP contribution in [0, 0.1) is 17.6 Å². The first-order valence-corrected chi connectivity index (χ1v) is 10.5. The molecule has 2 heterocycles. The molecule has 166 valence electrons. The van der Waals surface area contributed by atoms with Gasteiger partial charge in [0.15, 0.2) is 0 Å². The monoisotopic (exact) mass is 438 g/mol. The highest BCUT2D eigenvalue weighted by atomic mass is 19.1. The zero-order valence-corrected chi connectivity index (χ0v) is 17.7. The summed E-state index contributed by atoms with van der Waals surface area (Å²) >= 11 is 0. The fraction of sp³-hybridized carbons (Fsp3) is 0.292. The fourth-order valence-electron chi connectivity index (χ4n) is 4.03. The van der Waals surface area contributed by atoms with Gasteiger partial charge in [0.05, 0.1) is 0 Å². The highest BCUT2D eigenvalue weighted by Gasteiger charge is 2.31. The van der Waals surface area contributed by atoms with Crippen molar-refractivity contribution in [3.05, 3.63) is 89.5 Å². The second kappa shape index (κ2) is 9.30. The number of carbonyl (C=O) groups is 2. The highest BCUT2D eigenvalue weighted by Crippen LogP contribution is 2.26. The van der Waals surface area contributed by atoms with Gasteiger partial charge in [-0.15, -0.1) is 0 Å². The van der Waals surface area contributed by atoms with Crippen LogP contribution in [0.4, 0.5) is 8.78 Å². The molecule has 0 spiro atoms. The lowest BCUT2D eigenvalue weighted by atomic mass is 9.94. The Hall–Kier alpha value is -3.55. The number of likely N-dealkylation sites (tertiary alicyclic amines) is 1. The molecule has 8 heteroatoms. The Labute approximate surface area is 184 Å². The van der Waals surface area contributed by atoms with E-state index in [1.807, 2.05) is 0 Å². The average molecular weight is 438 g/mol. The molecule has 1 saturated heterocycles. The number of halogens is 2. The van der Waals surface area contributed by atoms with Crippen LogP contribution in [-0.4, -0.2) is 39.4 Å². The molecule has 0 aliphatic carbocycles. The van der Waals surface area contributed by atoms with E-state index < -0.39 is 17.7 Å². The molecule has 3 aromatic rings. The van der Waals surface area contributed by atoms with Gasteiger partial charge in [-0.2, -0.15) is 0 Å². The van der Waals surface area contributed by atoms with Crippen LogP contribution in [0.1, 0.15) is 40.6 Å². The number of piperidine rings is 1. The van der Waals surface area contributed by atoms with Crippen LogP contribution < -0.4 is 5.32 Å². The number of rotatable bonds is 5. The summed E-state index contributed by atoms with van der Waals surface area (Å²) in [7, 11) is 1.79. The number of carbonyl (C=O) groups excluding carboxylic acids is 2. The topological polar surface area (TPSA) is 67.2 Å². The summed E-state index contributed by atoms with van der Waals surface area (Å²) in [5.41, 5.74) is 0.766. The molecule has 0 unspecified atom stereocenters. The number of nitrogens with one attached hydrogen (secondary N) is 1. The third-order valence-corrected chi connectivity index (χ3v) is 5.86. The molecule has 32 heavy (non-hydrogen) atoms. The average Bonchev–Trinajstić information content (AvgIpc) is 3.23. The van der Waals surface area contributed by atoms with Crippen LogP contribution in [0.2, 0.25) is 0 Å². The number of benzene rings is 2. The van der Waals surface area contributed by atoms with Crippen molar-refractivity contribution >= 4 is 11.8 Å². The molecule has 0 radical (unpaired) electrons. The molecule has 2 aromatic carbocycles. The van der Waals surface area contributed by atoms with Crippen molar-refractivity contribution in [1.82, 2.24) is 19.8 Å². The number of nitrogens with zero attached hydrogens (tertiary/aromatic N) is 3. The van der Waals surface area contributed by atoms with Gasteiger partial charge in [-0.05, 0) is 43.2 Å². The predicted octanol–water partition coefficient (Wildman–Crippen LogP) is 3.46. The molecule has 1 N–H and O–H groups in total. The summed E-state index contributed by atoms with van der Waals surface area (Å²) in [6.07, 6.45) is 4.33. The summed E-state index contributed by atoms with van der Waals surface area (Å²) in [4.78, 5) is 31.7. The largest absolute Gasteiger partial charge is 0.342 e. The molecule has 1 aliphatic rings. The number of amides is 2. The van der Waals surface area contributed by atoms with E-state index >= 15 is 0 Å². The summed E-state index contributed by atoms with van der Waals surface area (Å²) in [6, 6.07) is 11.0. The van der Waals surface area contributed by atoms with Crippen LogP contribution >= 0.6 is 0 Å². The van der Waals surface area contributed by atoms with Crippen LogP contribution in [0.15, 0.2) is 60.9 Å². The zero-order chi connectivity index (χ0) is 22.7. The van der Waals surface area contributed by atoms with Crippen LogP contribution in [-0.2, 0) is 11.8 Å². The molecule has 1 atom stereocenters. The number of imidazole rings is 1. The van der Waals surface area contributed by atoms with Crippen molar-refractivity contribution in [1.29, 1.82) is 0 Å². The summed E-state index contributed by atoms with van der Waals surface area (Å²) < 4.78 is 29.4. The second-order valence-corrected chi connectivity index (χ2v) is 7.93. The van der Waals surface area contributed by atoms with E-state index in [0.29, 0.717) is 42.9 Å². The number of aryl methyl sites for hydroxylation is 1. The first-order chi connectivity index (χ1) is 15.4. The minimum atomic E-state index is -0.720. The Kier molecular flexibility index (Phi) is 6.30. The van der Waals surface area contributed by atoms with Gasteiger partial charge < -0.3 is 14.8 Å². The lowest BCUT2D eigenvalue weighted by Crippen LogP contribution is -2.44. The summed E-state index contributed by atoms with van der Waals surface area (Å²) in [5.74, 6) is -0.958. The molecule has 1 fully saturated rings. The second-order valence-electron chi connectivity index (χ2n) is 7.93. The number of aromatic nitrogens is 2. The lowest BCUT2D eigenvalue weighted by molar-refractivity contribution is -0.126. The van der Waals surface area contributed by atoms with Gasteiger partial charge in [-0.1, -0.05) is 18.2 Å². The molecule has 4 rings (SSSR count). The van der Waals surface area contributed by atoms with E-state index in [-0.39, 0.29) is 17.7 Å². The van der Waals surface area contributed by atoms with E-state index in [2.05, 4.69) is 10.3 Å². The van der Waals surface area contributed by atoms with Gasteiger partial charge in [0.2, 0.25) is 5.91 Å². The Morgan fingerprint density at radius 1 is 1.06 bits per heavy atom. The minimum Gasteiger partial charge on any atom is -0.342 e. The standard InChI is InChI=1S/C24H24F2N4O2/c1-29-15-12-27-22(29)21(19-4-2-3-5-20(19)26)28-23(31)16-10-13-30(14-11-16)24(32)17-6-8-18(25)9-7-17/h2-9,12,15-16,21H,10-11,13-14H2,1H3,(H,28,31)/t21-/m1/s1. The Bertz CT molecular complexity index is 1110. The molecule has 1 aromatic heterocycles. The van der Waals surface area contributed by atoms with E-state index in [4.69, 9.17) is 0 Å². The maximum atomic E-state index is 14.5. The van der Waals surface area contributed by atoms with Crippen molar-refractivity contribution in [2.45, 2.75) is 18.9 Å². The zero-order valence-electron chi connectivity index (χ0n) is 17.7. The lowest BCUT2D eigenvalue weighted by Gasteiger charge is -2.32. The van der Waals surface area contributed by atoms with Crippen LogP contribution in [0.25, 0.3) is 0 Å². The molecule has 6 nitrogen and oxygen atoms in total. The van der Waals surface area contributed by atoms with Gasteiger partial charge in [-0.3, -0.25) is 9.59 Å². The highest BCUT2D eigenvalue weighted by molar-refractivity contribution is 5.94. The fourth-order valence-corrected chi connectivity index (χ4v) is 4.03. The number of hydrogen-bond donors (Lipinski definition) is 1. The molecule has 0 bridgehead atoms. The van der Waals surface area contributed by atoms with Crippen molar-refractivity contribution in [2.75, 3.05) is 13.1 Å². The quantitative estimate of drug-likeness (QED) is 0.664. The number of hydrogen-bond acceptors (Lipinski definition) is 3. The minimum absolute atomic E-state index is 0.180. The molecule has 1 aliphatic heterocycles. The van der Waals surface area contributed by atoms with Crippen molar-refractivity contribution in [2.24, 2.45) is 13.0 Å². The molecule has 0 saturated carbocycles. The van der Waals surface area contributed by atoms with E-state index in [9.17, 15) is 18.4 Å². The molecular formula is C24H24F2N4O2. The Balaban J connectivity index is 1.44.